The van der Waals surface area contributed by atoms with E-state index in [2.05, 4.69) is 33.5 Å². The van der Waals surface area contributed by atoms with Crippen LogP contribution in [0.2, 0.25) is 0 Å². The first-order valence-corrected chi connectivity index (χ1v) is 8.98. The van der Waals surface area contributed by atoms with E-state index in [1.165, 1.54) is 0 Å². The Morgan fingerprint density at radius 3 is 2.48 bits per heavy atom. The lowest BCUT2D eigenvalue weighted by atomic mass is 9.94. The molecule has 0 radical (unpaired) electrons. The minimum atomic E-state index is -0.0989. The van der Waals surface area contributed by atoms with E-state index in [-0.39, 0.29) is 24.6 Å². The zero-order chi connectivity index (χ0) is 19.1. The molecule has 27 heavy (non-hydrogen) atoms. The predicted molar refractivity (Wildman–Crippen MR) is 105 cm³/mol. The van der Waals surface area contributed by atoms with Gasteiger partial charge in [-0.3, -0.25) is 4.79 Å². The maximum atomic E-state index is 12.6. The highest BCUT2D eigenvalue weighted by molar-refractivity contribution is 5.94. The van der Waals surface area contributed by atoms with Gasteiger partial charge < -0.3 is 10.4 Å². The number of nitrogens with zero attached hydrogens (tertiary/aromatic N) is 2. The van der Waals surface area contributed by atoms with Crippen LogP contribution in [0, 0.1) is 6.92 Å². The van der Waals surface area contributed by atoms with E-state index in [9.17, 15) is 4.79 Å². The van der Waals surface area contributed by atoms with Crippen LogP contribution in [0.15, 0.2) is 60.9 Å². The summed E-state index contributed by atoms with van der Waals surface area (Å²) in [4.78, 5) is 21.0. The lowest BCUT2D eigenvalue weighted by Crippen LogP contribution is -2.18. The fourth-order valence-corrected chi connectivity index (χ4v) is 2.96. The molecule has 0 atom stereocenters. The molecule has 5 heteroatoms. The molecular formula is C22H23N3O2. The SMILES string of the molecule is Cc1c(CC(=O)c2ncc(CNCCO)cn2)cccc1-c1ccccc1. The van der Waals surface area contributed by atoms with E-state index < -0.39 is 0 Å². The highest BCUT2D eigenvalue weighted by atomic mass is 16.3. The van der Waals surface area contributed by atoms with Crippen LogP contribution >= 0.6 is 0 Å². The highest BCUT2D eigenvalue weighted by Crippen LogP contribution is 2.26. The van der Waals surface area contributed by atoms with Gasteiger partial charge >= 0.3 is 0 Å². The first kappa shape index (κ1) is 18.9. The Morgan fingerprint density at radius 2 is 1.78 bits per heavy atom. The smallest absolute Gasteiger partial charge is 0.204 e. The molecule has 3 aromatic rings. The molecule has 0 bridgehead atoms. The third kappa shape index (κ3) is 4.84. The molecule has 2 N–H and O–H groups in total. The second-order valence-corrected chi connectivity index (χ2v) is 6.37. The van der Waals surface area contributed by atoms with Crippen LogP contribution in [0.25, 0.3) is 11.1 Å². The van der Waals surface area contributed by atoms with E-state index in [4.69, 9.17) is 5.11 Å². The van der Waals surface area contributed by atoms with Crippen LogP contribution in [-0.2, 0) is 13.0 Å². The van der Waals surface area contributed by atoms with Crippen LogP contribution < -0.4 is 5.32 Å². The molecule has 5 nitrogen and oxygen atoms in total. The van der Waals surface area contributed by atoms with Gasteiger partial charge in [-0.15, -0.1) is 0 Å². The summed E-state index contributed by atoms with van der Waals surface area (Å²) >= 11 is 0. The number of ketones is 1. The van der Waals surface area contributed by atoms with Gasteiger partial charge in [-0.05, 0) is 29.2 Å². The van der Waals surface area contributed by atoms with Crippen molar-refractivity contribution in [1.29, 1.82) is 0 Å². The fourth-order valence-electron chi connectivity index (χ4n) is 2.96. The molecular weight excluding hydrogens is 338 g/mol. The number of carbonyl (C=O) groups is 1. The summed E-state index contributed by atoms with van der Waals surface area (Å²) in [7, 11) is 0. The van der Waals surface area contributed by atoms with Gasteiger partial charge in [0.15, 0.2) is 5.82 Å². The number of benzene rings is 2. The Hall–Kier alpha value is -2.89. The summed E-state index contributed by atoms with van der Waals surface area (Å²) in [5.41, 5.74) is 5.23. The molecule has 3 rings (SSSR count). The van der Waals surface area contributed by atoms with Crippen LogP contribution in [0.3, 0.4) is 0 Å². The Labute approximate surface area is 159 Å². The number of hydrogen-bond acceptors (Lipinski definition) is 5. The number of rotatable bonds is 8. The Bertz CT molecular complexity index is 893. The lowest BCUT2D eigenvalue weighted by Gasteiger charge is -2.11. The maximum absolute atomic E-state index is 12.6. The Morgan fingerprint density at radius 1 is 1.04 bits per heavy atom. The minimum Gasteiger partial charge on any atom is -0.395 e. The Balaban J connectivity index is 1.73. The molecule has 1 aromatic heterocycles. The van der Waals surface area contributed by atoms with Crippen molar-refractivity contribution in [3.05, 3.63) is 83.4 Å². The van der Waals surface area contributed by atoms with Crippen molar-refractivity contribution in [2.24, 2.45) is 0 Å². The average molecular weight is 361 g/mol. The number of nitrogens with one attached hydrogen (secondary N) is 1. The second kappa shape index (κ2) is 9.16. The number of aromatic nitrogens is 2. The second-order valence-electron chi connectivity index (χ2n) is 6.37. The van der Waals surface area contributed by atoms with Crippen LogP contribution in [0.1, 0.15) is 27.3 Å². The van der Waals surface area contributed by atoms with Crippen molar-refractivity contribution >= 4 is 5.78 Å². The normalized spacial score (nSPS) is 10.7. The van der Waals surface area contributed by atoms with Crippen molar-refractivity contribution in [2.75, 3.05) is 13.2 Å². The molecule has 0 unspecified atom stereocenters. The molecule has 0 amide bonds. The number of hydrogen-bond donors (Lipinski definition) is 2. The highest BCUT2D eigenvalue weighted by Gasteiger charge is 2.14. The first-order chi connectivity index (χ1) is 13.2. The summed E-state index contributed by atoms with van der Waals surface area (Å²) in [5.74, 6) is 0.128. The summed E-state index contributed by atoms with van der Waals surface area (Å²) < 4.78 is 0. The topological polar surface area (TPSA) is 75.1 Å². The van der Waals surface area contributed by atoms with E-state index in [1.54, 1.807) is 12.4 Å². The molecule has 0 aliphatic rings. The third-order valence-corrected chi connectivity index (χ3v) is 4.45. The zero-order valence-electron chi connectivity index (χ0n) is 15.4. The molecule has 1 heterocycles. The lowest BCUT2D eigenvalue weighted by molar-refractivity contribution is 0.0982. The van der Waals surface area contributed by atoms with Gasteiger partial charge in [0.2, 0.25) is 5.78 Å². The van der Waals surface area contributed by atoms with Crippen molar-refractivity contribution < 1.29 is 9.90 Å². The summed E-state index contributed by atoms with van der Waals surface area (Å²) in [6, 6.07) is 16.2. The van der Waals surface area contributed by atoms with E-state index >= 15 is 0 Å². The van der Waals surface area contributed by atoms with Gasteiger partial charge in [0, 0.05) is 37.5 Å². The number of aliphatic hydroxyl groups excluding tert-OH is 1. The molecule has 0 aliphatic carbocycles. The van der Waals surface area contributed by atoms with Crippen LogP contribution in [0.5, 0.6) is 0 Å². The average Bonchev–Trinajstić information content (AvgIpc) is 2.71. The molecule has 0 aliphatic heterocycles. The van der Waals surface area contributed by atoms with Crippen molar-refractivity contribution in [2.45, 2.75) is 19.9 Å². The van der Waals surface area contributed by atoms with Crippen molar-refractivity contribution in [3.8, 4) is 11.1 Å². The van der Waals surface area contributed by atoms with Gasteiger partial charge in [-0.25, -0.2) is 9.97 Å². The first-order valence-electron chi connectivity index (χ1n) is 8.98. The monoisotopic (exact) mass is 361 g/mol. The maximum Gasteiger partial charge on any atom is 0.204 e. The summed E-state index contributed by atoms with van der Waals surface area (Å²) in [5, 5.41) is 11.8. The quantitative estimate of drug-likeness (QED) is 0.477. The van der Waals surface area contributed by atoms with Gasteiger partial charge in [0.1, 0.15) is 0 Å². The van der Waals surface area contributed by atoms with Gasteiger partial charge in [0.25, 0.3) is 0 Å². The van der Waals surface area contributed by atoms with Crippen molar-refractivity contribution in [3.63, 3.8) is 0 Å². The molecule has 2 aromatic carbocycles. The summed E-state index contributed by atoms with van der Waals surface area (Å²) in [6.45, 7) is 3.20. The minimum absolute atomic E-state index is 0.0822. The molecule has 0 saturated heterocycles. The van der Waals surface area contributed by atoms with E-state index in [0.29, 0.717) is 13.1 Å². The van der Waals surface area contributed by atoms with Crippen LogP contribution in [-0.4, -0.2) is 34.0 Å². The number of carbonyl (C=O) groups excluding carboxylic acids is 1. The fraction of sp³-hybridized carbons (Fsp3) is 0.227. The van der Waals surface area contributed by atoms with Gasteiger partial charge in [-0.2, -0.15) is 0 Å². The van der Waals surface area contributed by atoms with E-state index in [0.717, 1.165) is 27.8 Å². The number of Topliss-reactive ketones (excluding diaryl/α,β-unsaturated/α-hetero) is 1. The third-order valence-electron chi connectivity index (χ3n) is 4.45. The molecule has 0 saturated carbocycles. The van der Waals surface area contributed by atoms with Gasteiger partial charge in [-0.1, -0.05) is 48.5 Å². The Kier molecular flexibility index (Phi) is 6.41. The standard InChI is InChI=1S/C22H23N3O2/c1-16-19(8-5-9-20(16)18-6-3-2-4-7-18)12-21(27)22-24-14-17(15-25-22)13-23-10-11-26/h2-9,14-15,23,26H,10-13H2,1H3. The van der Waals surface area contributed by atoms with E-state index in [1.807, 2.05) is 37.3 Å². The van der Waals surface area contributed by atoms with Crippen molar-refractivity contribution in [1.82, 2.24) is 15.3 Å². The van der Waals surface area contributed by atoms with Gasteiger partial charge in [0.05, 0.1) is 6.61 Å². The predicted octanol–water partition coefficient (Wildman–Crippen LogP) is 2.96. The molecule has 0 spiro atoms. The summed E-state index contributed by atoms with van der Waals surface area (Å²) in [6.07, 6.45) is 3.57. The zero-order valence-corrected chi connectivity index (χ0v) is 15.4. The molecule has 138 valence electrons. The van der Waals surface area contributed by atoms with Crippen LogP contribution in [0.4, 0.5) is 0 Å². The largest absolute Gasteiger partial charge is 0.395 e. The number of aliphatic hydroxyl groups is 1. The molecule has 0 fully saturated rings.